The van der Waals surface area contributed by atoms with Crippen molar-refractivity contribution in [1.82, 2.24) is 5.32 Å². The number of halogens is 1. The molecule has 2 unspecified atom stereocenters. The molecule has 4 nitrogen and oxygen atoms in total. The van der Waals surface area contributed by atoms with Gasteiger partial charge in [0.2, 0.25) is 0 Å². The predicted molar refractivity (Wildman–Crippen MR) is 79.1 cm³/mol. The number of aliphatic hydroxyl groups excluding tert-OH is 1. The minimum Gasteiger partial charge on any atom is -0.451 e. The predicted octanol–water partition coefficient (Wildman–Crippen LogP) is 3.14. The summed E-state index contributed by atoms with van der Waals surface area (Å²) in [5, 5.41) is 13.4. The van der Waals surface area contributed by atoms with Crippen molar-refractivity contribution >= 4 is 28.5 Å². The van der Waals surface area contributed by atoms with Gasteiger partial charge in [-0.25, -0.2) is 0 Å². The summed E-state index contributed by atoms with van der Waals surface area (Å²) in [6.45, 7) is 5.58. The van der Waals surface area contributed by atoms with Crippen LogP contribution in [0.2, 0.25) is 5.02 Å². The zero-order chi connectivity index (χ0) is 14.9. The van der Waals surface area contributed by atoms with Crippen molar-refractivity contribution in [3.8, 4) is 0 Å². The van der Waals surface area contributed by atoms with Crippen molar-refractivity contribution in [3.05, 3.63) is 34.5 Å². The Balaban J connectivity index is 2.29. The first kappa shape index (κ1) is 14.9. The molecule has 0 fully saturated rings. The van der Waals surface area contributed by atoms with Gasteiger partial charge in [-0.3, -0.25) is 4.79 Å². The Bertz CT molecular complexity index is 635. The molecule has 0 saturated carbocycles. The third kappa shape index (κ3) is 2.81. The van der Waals surface area contributed by atoms with E-state index in [1.807, 2.05) is 20.8 Å². The highest BCUT2D eigenvalue weighted by Crippen LogP contribution is 2.27. The number of furan rings is 1. The van der Waals surface area contributed by atoms with Crippen LogP contribution in [0.4, 0.5) is 0 Å². The van der Waals surface area contributed by atoms with Gasteiger partial charge >= 0.3 is 0 Å². The Labute approximate surface area is 122 Å². The average molecular weight is 296 g/mol. The van der Waals surface area contributed by atoms with Crippen LogP contribution in [-0.4, -0.2) is 23.7 Å². The Kier molecular flexibility index (Phi) is 4.35. The van der Waals surface area contributed by atoms with Crippen molar-refractivity contribution in [2.45, 2.75) is 26.8 Å². The minimum absolute atomic E-state index is 0.0157. The molecule has 0 saturated heterocycles. The molecule has 1 heterocycles. The normalized spacial score (nSPS) is 14.2. The summed E-state index contributed by atoms with van der Waals surface area (Å²) in [6, 6.07) is 5.13. The Hall–Kier alpha value is -1.52. The molecule has 5 heteroatoms. The highest BCUT2D eigenvalue weighted by atomic mass is 35.5. The lowest BCUT2D eigenvalue weighted by Crippen LogP contribution is -2.38. The van der Waals surface area contributed by atoms with Crippen LogP contribution in [0.25, 0.3) is 11.0 Å². The maximum absolute atomic E-state index is 12.2. The fourth-order valence-electron chi connectivity index (χ4n) is 1.98. The Morgan fingerprint density at radius 3 is 2.80 bits per heavy atom. The molecule has 1 aromatic heterocycles. The van der Waals surface area contributed by atoms with Gasteiger partial charge < -0.3 is 14.8 Å². The van der Waals surface area contributed by atoms with Crippen LogP contribution in [0.1, 0.15) is 30.0 Å². The first-order valence-corrected chi connectivity index (χ1v) is 6.92. The number of nitrogens with one attached hydrogen (secondary N) is 1. The van der Waals surface area contributed by atoms with E-state index in [0.29, 0.717) is 16.4 Å². The number of aliphatic hydroxyl groups is 1. The van der Waals surface area contributed by atoms with Crippen molar-refractivity contribution < 1.29 is 14.3 Å². The number of benzene rings is 1. The SMILES string of the molecule is Cc1c(C(=O)NC(C)C(C)CO)oc2ccc(Cl)cc12. The number of carbonyl (C=O) groups is 1. The third-order valence-corrected chi connectivity index (χ3v) is 3.84. The van der Waals surface area contributed by atoms with E-state index in [0.717, 1.165) is 10.9 Å². The van der Waals surface area contributed by atoms with Crippen LogP contribution in [0.15, 0.2) is 22.6 Å². The number of carbonyl (C=O) groups excluding carboxylic acids is 1. The van der Waals surface area contributed by atoms with E-state index in [1.165, 1.54) is 0 Å². The van der Waals surface area contributed by atoms with Crippen molar-refractivity contribution in [2.75, 3.05) is 6.61 Å². The van der Waals surface area contributed by atoms with Crippen LogP contribution in [0, 0.1) is 12.8 Å². The lowest BCUT2D eigenvalue weighted by Gasteiger charge is -2.18. The van der Waals surface area contributed by atoms with Gasteiger partial charge in [0.1, 0.15) is 5.58 Å². The molecular weight excluding hydrogens is 278 g/mol. The van der Waals surface area contributed by atoms with Crippen LogP contribution in [0.3, 0.4) is 0 Å². The van der Waals surface area contributed by atoms with Gasteiger partial charge in [0, 0.05) is 28.6 Å². The zero-order valence-corrected chi connectivity index (χ0v) is 12.5. The molecule has 0 aliphatic rings. The molecule has 108 valence electrons. The molecule has 0 aliphatic heterocycles. The summed E-state index contributed by atoms with van der Waals surface area (Å²) in [6.07, 6.45) is 0. The lowest BCUT2D eigenvalue weighted by atomic mass is 10.0. The first-order chi connectivity index (χ1) is 9.43. The molecular formula is C15H18ClNO3. The molecule has 0 aliphatic carbocycles. The third-order valence-electron chi connectivity index (χ3n) is 3.60. The van der Waals surface area contributed by atoms with Crippen LogP contribution in [-0.2, 0) is 0 Å². The van der Waals surface area contributed by atoms with E-state index < -0.39 is 0 Å². The fraction of sp³-hybridized carbons (Fsp3) is 0.400. The van der Waals surface area contributed by atoms with E-state index >= 15 is 0 Å². The number of fused-ring (bicyclic) bond motifs is 1. The summed E-state index contributed by atoms with van der Waals surface area (Å²) in [5.74, 6) is -0.0000391. The molecule has 2 aromatic rings. The molecule has 2 rings (SSSR count). The summed E-state index contributed by atoms with van der Waals surface area (Å²) < 4.78 is 5.60. The van der Waals surface area contributed by atoms with Crippen LogP contribution >= 0.6 is 11.6 Å². The average Bonchev–Trinajstić information content (AvgIpc) is 2.75. The van der Waals surface area contributed by atoms with Crippen molar-refractivity contribution in [3.63, 3.8) is 0 Å². The molecule has 2 atom stereocenters. The van der Waals surface area contributed by atoms with E-state index in [2.05, 4.69) is 5.32 Å². The topological polar surface area (TPSA) is 62.5 Å². The molecule has 0 radical (unpaired) electrons. The quantitative estimate of drug-likeness (QED) is 0.911. The smallest absolute Gasteiger partial charge is 0.287 e. The number of rotatable bonds is 4. The van der Waals surface area contributed by atoms with Gasteiger partial charge in [0.05, 0.1) is 0 Å². The highest BCUT2D eigenvalue weighted by Gasteiger charge is 2.21. The number of amides is 1. The van der Waals surface area contributed by atoms with Gasteiger partial charge in [0.15, 0.2) is 5.76 Å². The van der Waals surface area contributed by atoms with Gasteiger partial charge in [0.25, 0.3) is 5.91 Å². The van der Waals surface area contributed by atoms with Gasteiger partial charge in [-0.15, -0.1) is 0 Å². The molecule has 20 heavy (non-hydrogen) atoms. The van der Waals surface area contributed by atoms with Gasteiger partial charge in [-0.2, -0.15) is 0 Å². The van der Waals surface area contributed by atoms with E-state index in [1.54, 1.807) is 18.2 Å². The van der Waals surface area contributed by atoms with Crippen molar-refractivity contribution in [1.29, 1.82) is 0 Å². The molecule has 1 amide bonds. The second-order valence-corrected chi connectivity index (χ2v) is 5.56. The number of hydrogen-bond acceptors (Lipinski definition) is 3. The number of aryl methyl sites for hydroxylation is 1. The lowest BCUT2D eigenvalue weighted by molar-refractivity contribution is 0.0889. The maximum Gasteiger partial charge on any atom is 0.287 e. The minimum atomic E-state index is -0.275. The van der Waals surface area contributed by atoms with Crippen molar-refractivity contribution in [2.24, 2.45) is 5.92 Å². The molecule has 0 bridgehead atoms. The van der Waals surface area contributed by atoms with E-state index in [9.17, 15) is 4.79 Å². The fourth-order valence-corrected chi connectivity index (χ4v) is 2.15. The summed E-state index contributed by atoms with van der Waals surface area (Å²) >= 11 is 5.95. The number of hydrogen-bond donors (Lipinski definition) is 2. The summed E-state index contributed by atoms with van der Waals surface area (Å²) in [4.78, 5) is 12.2. The van der Waals surface area contributed by atoms with Crippen LogP contribution < -0.4 is 5.32 Å². The van der Waals surface area contributed by atoms with Gasteiger partial charge in [-0.05, 0) is 38.0 Å². The van der Waals surface area contributed by atoms with E-state index in [-0.39, 0.29) is 24.5 Å². The molecule has 0 spiro atoms. The summed E-state index contributed by atoms with van der Waals surface area (Å²) in [5.41, 5.74) is 1.41. The Morgan fingerprint density at radius 1 is 1.45 bits per heavy atom. The monoisotopic (exact) mass is 295 g/mol. The largest absolute Gasteiger partial charge is 0.451 e. The molecule has 2 N–H and O–H groups in total. The zero-order valence-electron chi connectivity index (χ0n) is 11.7. The maximum atomic E-state index is 12.2. The van der Waals surface area contributed by atoms with E-state index in [4.69, 9.17) is 21.1 Å². The second-order valence-electron chi connectivity index (χ2n) is 5.12. The summed E-state index contributed by atoms with van der Waals surface area (Å²) in [7, 11) is 0. The highest BCUT2D eigenvalue weighted by molar-refractivity contribution is 6.31. The molecule has 1 aromatic carbocycles. The van der Waals surface area contributed by atoms with Gasteiger partial charge in [-0.1, -0.05) is 18.5 Å². The second kappa shape index (κ2) is 5.85. The standard InChI is InChI=1S/C15H18ClNO3/c1-8(7-18)10(3)17-15(19)14-9(2)12-6-11(16)4-5-13(12)20-14/h4-6,8,10,18H,7H2,1-3H3,(H,17,19). The Morgan fingerprint density at radius 2 is 2.15 bits per heavy atom. The van der Waals surface area contributed by atoms with Crippen LogP contribution in [0.5, 0.6) is 0 Å². The first-order valence-electron chi connectivity index (χ1n) is 6.54.